The zero-order valence-corrected chi connectivity index (χ0v) is 34.7. The highest BCUT2D eigenvalue weighted by molar-refractivity contribution is 7.25. The van der Waals surface area contributed by atoms with Gasteiger partial charge in [0.1, 0.15) is 11.2 Å². The van der Waals surface area contributed by atoms with E-state index in [9.17, 15) is 0 Å². The molecule has 0 saturated heterocycles. The lowest BCUT2D eigenvalue weighted by atomic mass is 9.91. The summed E-state index contributed by atoms with van der Waals surface area (Å²) in [6.45, 7) is 0. The molecule has 0 N–H and O–H groups in total. The summed E-state index contributed by atoms with van der Waals surface area (Å²) >= 11 is 1.83. The third-order valence-corrected chi connectivity index (χ3v) is 12.9. The Labute approximate surface area is 367 Å². The number of aromatic nitrogens is 3. The highest BCUT2D eigenvalue weighted by atomic mass is 32.1. The topological polar surface area (TPSA) is 55.1 Å². The molecule has 0 bridgehead atoms. The molecule has 0 amide bonds. The van der Waals surface area contributed by atoms with Crippen LogP contribution in [0.2, 0.25) is 0 Å². The van der Waals surface area contributed by atoms with E-state index in [0.29, 0.717) is 17.5 Å². The van der Waals surface area contributed by atoms with Gasteiger partial charge < -0.3 is 9.32 Å². The van der Waals surface area contributed by atoms with Crippen LogP contribution < -0.4 is 4.90 Å². The van der Waals surface area contributed by atoms with Gasteiger partial charge in [0.2, 0.25) is 0 Å². The zero-order valence-electron chi connectivity index (χ0n) is 33.9. The number of hydrogen-bond donors (Lipinski definition) is 0. The van der Waals surface area contributed by atoms with Gasteiger partial charge in [-0.1, -0.05) is 152 Å². The van der Waals surface area contributed by atoms with E-state index in [1.807, 2.05) is 65.9 Å². The van der Waals surface area contributed by atoms with Gasteiger partial charge in [-0.2, -0.15) is 0 Å². The summed E-state index contributed by atoms with van der Waals surface area (Å²) in [6, 6.07) is 76.5. The van der Waals surface area contributed by atoms with E-state index in [0.717, 1.165) is 77.9 Å². The molecule has 0 aliphatic rings. The molecule has 0 fully saturated rings. The van der Waals surface area contributed by atoms with Gasteiger partial charge in [-0.05, 0) is 77.9 Å². The van der Waals surface area contributed by atoms with E-state index in [1.165, 1.54) is 20.2 Å². The summed E-state index contributed by atoms with van der Waals surface area (Å²) in [5.41, 5.74) is 11.6. The van der Waals surface area contributed by atoms with E-state index in [2.05, 4.69) is 169 Å². The Bertz CT molecular complexity index is 3560. The van der Waals surface area contributed by atoms with Gasteiger partial charge in [0, 0.05) is 70.1 Å². The molecule has 12 rings (SSSR count). The first-order chi connectivity index (χ1) is 31.2. The SMILES string of the molecule is c1ccc(-c2nc(-c3cc(-c4ccccc4)c(N(c4ccccc4)c4ccc5sc6ccccc6c5c4)c(-c4ccccc4)c3)nc(-c3ccc4c(c3)oc3ccccc34)n2)cc1. The van der Waals surface area contributed by atoms with E-state index < -0.39 is 0 Å². The molecule has 296 valence electrons. The number of rotatable bonds is 8. The summed E-state index contributed by atoms with van der Waals surface area (Å²) in [7, 11) is 0. The Balaban J connectivity index is 1.13. The fraction of sp³-hybridized carbons (Fsp3) is 0. The summed E-state index contributed by atoms with van der Waals surface area (Å²) < 4.78 is 8.88. The van der Waals surface area contributed by atoms with E-state index in [4.69, 9.17) is 19.4 Å². The number of benzene rings is 9. The van der Waals surface area contributed by atoms with Crippen LogP contribution in [-0.4, -0.2) is 15.0 Å². The number of anilines is 3. The normalized spacial score (nSPS) is 11.5. The van der Waals surface area contributed by atoms with Crippen LogP contribution >= 0.6 is 11.3 Å². The predicted molar refractivity (Wildman–Crippen MR) is 262 cm³/mol. The van der Waals surface area contributed by atoms with Crippen molar-refractivity contribution in [1.29, 1.82) is 0 Å². The van der Waals surface area contributed by atoms with Crippen molar-refractivity contribution in [2.45, 2.75) is 0 Å². The van der Waals surface area contributed by atoms with E-state index >= 15 is 0 Å². The molecule has 9 aromatic carbocycles. The summed E-state index contributed by atoms with van der Waals surface area (Å²) in [5.74, 6) is 1.73. The van der Waals surface area contributed by atoms with Crippen LogP contribution in [0.4, 0.5) is 17.1 Å². The molecular formula is C57H36N4OS. The first-order valence-electron chi connectivity index (χ1n) is 21.0. The van der Waals surface area contributed by atoms with Crippen LogP contribution in [0, 0.1) is 0 Å². The van der Waals surface area contributed by atoms with Gasteiger partial charge in [-0.3, -0.25) is 0 Å². The van der Waals surface area contributed by atoms with Crippen molar-refractivity contribution >= 4 is 70.5 Å². The standard InChI is InChI=1S/C57H36N4OS/c1-5-17-37(18-6-1)47-33-41(57-59-55(39-21-9-3-10-22-39)58-56(60-57)40-29-31-45-44-25-13-15-27-50(44)62-51(45)35-40)34-48(38-19-7-2-8-20-38)54(47)61(42-23-11-4-12-24-42)43-30-32-53-49(36-43)46-26-14-16-28-52(46)63-53/h1-36H. The molecule has 5 nitrogen and oxygen atoms in total. The quantitative estimate of drug-likeness (QED) is 0.153. The molecule has 0 radical (unpaired) electrons. The van der Waals surface area contributed by atoms with E-state index in [-0.39, 0.29) is 0 Å². The Morgan fingerprint density at radius 2 is 0.857 bits per heavy atom. The average Bonchev–Trinajstić information content (AvgIpc) is 3.93. The Kier molecular flexibility index (Phi) is 8.94. The third kappa shape index (κ3) is 6.61. The summed E-state index contributed by atoms with van der Waals surface area (Å²) in [5, 5.41) is 4.63. The molecule has 6 heteroatoms. The molecular weight excluding hydrogens is 789 g/mol. The maximum Gasteiger partial charge on any atom is 0.164 e. The molecule has 0 aliphatic carbocycles. The van der Waals surface area contributed by atoms with Crippen LogP contribution in [0.3, 0.4) is 0 Å². The van der Waals surface area contributed by atoms with Crippen molar-refractivity contribution in [3.8, 4) is 56.4 Å². The predicted octanol–water partition coefficient (Wildman–Crippen LogP) is 15.9. The van der Waals surface area contributed by atoms with Crippen molar-refractivity contribution in [3.63, 3.8) is 0 Å². The largest absolute Gasteiger partial charge is 0.456 e. The second-order valence-corrected chi connectivity index (χ2v) is 16.7. The average molecular weight is 825 g/mol. The zero-order chi connectivity index (χ0) is 41.7. The van der Waals surface area contributed by atoms with Gasteiger partial charge in [0.15, 0.2) is 17.5 Å². The van der Waals surface area contributed by atoms with Crippen LogP contribution in [0.5, 0.6) is 0 Å². The highest BCUT2D eigenvalue weighted by Gasteiger charge is 2.25. The van der Waals surface area contributed by atoms with Crippen LogP contribution in [0.25, 0.3) is 98.5 Å². The highest BCUT2D eigenvalue weighted by Crippen LogP contribution is 2.49. The summed E-state index contributed by atoms with van der Waals surface area (Å²) in [4.78, 5) is 18.1. The minimum absolute atomic E-state index is 0.565. The van der Waals surface area contributed by atoms with Gasteiger partial charge in [-0.25, -0.2) is 15.0 Å². The Morgan fingerprint density at radius 3 is 1.54 bits per heavy atom. The lowest BCUT2D eigenvalue weighted by Gasteiger charge is -2.31. The minimum atomic E-state index is 0.565. The molecule has 0 unspecified atom stereocenters. The molecule has 3 aromatic heterocycles. The molecule has 0 spiro atoms. The molecule has 0 saturated carbocycles. The second kappa shape index (κ2) is 15.4. The molecule has 0 aliphatic heterocycles. The molecule has 3 heterocycles. The number of hydrogen-bond acceptors (Lipinski definition) is 6. The van der Waals surface area contributed by atoms with Crippen LogP contribution in [0.1, 0.15) is 0 Å². The third-order valence-electron chi connectivity index (χ3n) is 11.7. The number of fused-ring (bicyclic) bond motifs is 6. The minimum Gasteiger partial charge on any atom is -0.456 e. The Morgan fingerprint density at radius 1 is 0.333 bits per heavy atom. The first-order valence-corrected chi connectivity index (χ1v) is 21.8. The number of thiophene rings is 1. The second-order valence-electron chi connectivity index (χ2n) is 15.6. The fourth-order valence-electron chi connectivity index (χ4n) is 8.73. The van der Waals surface area contributed by atoms with Crippen molar-refractivity contribution in [2.75, 3.05) is 4.90 Å². The van der Waals surface area contributed by atoms with Crippen LogP contribution in [-0.2, 0) is 0 Å². The van der Waals surface area contributed by atoms with Crippen molar-refractivity contribution in [1.82, 2.24) is 15.0 Å². The van der Waals surface area contributed by atoms with Gasteiger partial charge >= 0.3 is 0 Å². The monoisotopic (exact) mass is 824 g/mol. The van der Waals surface area contributed by atoms with Gasteiger partial charge in [0.25, 0.3) is 0 Å². The lowest BCUT2D eigenvalue weighted by molar-refractivity contribution is 0.669. The number of para-hydroxylation sites is 2. The molecule has 12 aromatic rings. The number of furan rings is 1. The smallest absolute Gasteiger partial charge is 0.164 e. The maximum atomic E-state index is 6.35. The number of nitrogens with zero attached hydrogens (tertiary/aromatic N) is 4. The van der Waals surface area contributed by atoms with Crippen LogP contribution in [0.15, 0.2) is 223 Å². The lowest BCUT2D eigenvalue weighted by Crippen LogP contribution is -2.13. The fourth-order valence-corrected chi connectivity index (χ4v) is 9.82. The van der Waals surface area contributed by atoms with Crippen molar-refractivity contribution in [2.24, 2.45) is 0 Å². The van der Waals surface area contributed by atoms with E-state index in [1.54, 1.807) is 0 Å². The molecule has 0 atom stereocenters. The summed E-state index contributed by atoms with van der Waals surface area (Å²) in [6.07, 6.45) is 0. The first kappa shape index (κ1) is 36.6. The van der Waals surface area contributed by atoms with Gasteiger partial charge in [-0.15, -0.1) is 11.3 Å². The van der Waals surface area contributed by atoms with Gasteiger partial charge in [0.05, 0.1) is 5.69 Å². The maximum absolute atomic E-state index is 6.35. The van der Waals surface area contributed by atoms with Crippen molar-refractivity contribution in [3.05, 3.63) is 218 Å². The van der Waals surface area contributed by atoms with Crippen molar-refractivity contribution < 1.29 is 4.42 Å². The Hall–Kier alpha value is -8.19. The molecule has 63 heavy (non-hydrogen) atoms.